The zero-order valence-corrected chi connectivity index (χ0v) is 12.7. The molecule has 1 unspecified atom stereocenters. The first-order valence-corrected chi connectivity index (χ1v) is 6.90. The maximum atomic E-state index is 11.8. The van der Waals surface area contributed by atoms with E-state index in [4.69, 9.17) is 10.5 Å². The molecule has 116 valence electrons. The number of carbonyl (C=O) groups is 2. The molecule has 1 rings (SSSR count). The van der Waals surface area contributed by atoms with Crippen LogP contribution in [0.1, 0.15) is 20.3 Å². The Balaban J connectivity index is 2.54. The quantitative estimate of drug-likeness (QED) is 0.711. The van der Waals surface area contributed by atoms with E-state index in [1.165, 1.54) is 7.11 Å². The van der Waals surface area contributed by atoms with Crippen molar-refractivity contribution in [2.45, 2.75) is 26.4 Å². The molecule has 0 aliphatic carbocycles. The van der Waals surface area contributed by atoms with Gasteiger partial charge in [0.15, 0.2) is 0 Å². The standard InChI is InChI=1S/C15H23N3O3/c1-10(2)15(20)18-12-6-4-11(5-7-12)17-14(19)8-13(9-16)21-3/h4-7,10,13H,8-9,16H2,1-3H3,(H,17,19)(H,18,20). The van der Waals surface area contributed by atoms with E-state index in [2.05, 4.69) is 10.6 Å². The lowest BCUT2D eigenvalue weighted by molar-refractivity contribution is -0.119. The van der Waals surface area contributed by atoms with Crippen molar-refractivity contribution in [1.82, 2.24) is 0 Å². The number of methoxy groups -OCH3 is 1. The minimum atomic E-state index is -0.283. The lowest BCUT2D eigenvalue weighted by atomic mass is 10.2. The number of hydrogen-bond donors (Lipinski definition) is 3. The fourth-order valence-corrected chi connectivity index (χ4v) is 1.61. The van der Waals surface area contributed by atoms with Gasteiger partial charge in [-0.3, -0.25) is 9.59 Å². The molecular formula is C15H23N3O3. The Morgan fingerprint density at radius 1 is 1.14 bits per heavy atom. The molecule has 1 aromatic rings. The maximum absolute atomic E-state index is 11.8. The number of ether oxygens (including phenoxy) is 1. The monoisotopic (exact) mass is 293 g/mol. The third-order valence-electron chi connectivity index (χ3n) is 2.97. The highest BCUT2D eigenvalue weighted by molar-refractivity contribution is 5.93. The van der Waals surface area contributed by atoms with Gasteiger partial charge in [0.1, 0.15) is 0 Å². The predicted molar refractivity (Wildman–Crippen MR) is 83.0 cm³/mol. The van der Waals surface area contributed by atoms with Gasteiger partial charge >= 0.3 is 0 Å². The molecule has 0 saturated carbocycles. The molecule has 0 heterocycles. The van der Waals surface area contributed by atoms with Gasteiger partial charge in [0, 0.05) is 30.9 Å². The summed E-state index contributed by atoms with van der Waals surface area (Å²) in [6.45, 7) is 3.95. The number of hydrogen-bond acceptors (Lipinski definition) is 4. The average Bonchev–Trinajstić information content (AvgIpc) is 2.46. The fraction of sp³-hybridized carbons (Fsp3) is 0.467. The summed E-state index contributed by atoms with van der Waals surface area (Å²) in [6.07, 6.45) is -0.0756. The largest absolute Gasteiger partial charge is 0.380 e. The van der Waals surface area contributed by atoms with Crippen LogP contribution in [0.2, 0.25) is 0 Å². The number of carbonyl (C=O) groups excluding carboxylic acids is 2. The second-order valence-corrected chi connectivity index (χ2v) is 5.07. The smallest absolute Gasteiger partial charge is 0.227 e. The molecule has 0 radical (unpaired) electrons. The zero-order valence-electron chi connectivity index (χ0n) is 12.7. The van der Waals surface area contributed by atoms with Gasteiger partial charge in [0.05, 0.1) is 12.5 Å². The highest BCUT2D eigenvalue weighted by Gasteiger charge is 2.12. The molecule has 6 nitrogen and oxygen atoms in total. The second-order valence-electron chi connectivity index (χ2n) is 5.07. The highest BCUT2D eigenvalue weighted by Crippen LogP contribution is 2.15. The van der Waals surface area contributed by atoms with Crippen molar-refractivity contribution in [1.29, 1.82) is 0 Å². The molecule has 0 aromatic heterocycles. The van der Waals surface area contributed by atoms with Crippen LogP contribution in [0, 0.1) is 5.92 Å². The zero-order chi connectivity index (χ0) is 15.8. The van der Waals surface area contributed by atoms with Crippen LogP contribution in [-0.2, 0) is 14.3 Å². The first-order chi connectivity index (χ1) is 9.96. The van der Waals surface area contributed by atoms with Gasteiger partial charge in [0.2, 0.25) is 11.8 Å². The molecule has 21 heavy (non-hydrogen) atoms. The molecule has 6 heteroatoms. The van der Waals surface area contributed by atoms with Gasteiger partial charge in [0.25, 0.3) is 0 Å². The van der Waals surface area contributed by atoms with Gasteiger partial charge in [-0.2, -0.15) is 0 Å². The number of nitrogens with two attached hydrogens (primary N) is 1. The minimum Gasteiger partial charge on any atom is -0.380 e. The maximum Gasteiger partial charge on any atom is 0.227 e. The van der Waals surface area contributed by atoms with Crippen LogP contribution in [0.15, 0.2) is 24.3 Å². The summed E-state index contributed by atoms with van der Waals surface area (Å²) in [7, 11) is 1.52. The Morgan fingerprint density at radius 3 is 2.10 bits per heavy atom. The summed E-state index contributed by atoms with van der Waals surface area (Å²) in [4.78, 5) is 23.3. The number of amides is 2. The van der Waals surface area contributed by atoms with E-state index in [9.17, 15) is 9.59 Å². The minimum absolute atomic E-state index is 0.0438. The first kappa shape index (κ1) is 17.1. The normalized spacial score (nSPS) is 12.0. The molecule has 0 spiro atoms. The van der Waals surface area contributed by atoms with Crippen LogP contribution >= 0.6 is 0 Å². The van der Waals surface area contributed by atoms with E-state index < -0.39 is 0 Å². The molecule has 1 aromatic carbocycles. The van der Waals surface area contributed by atoms with Crippen molar-refractivity contribution < 1.29 is 14.3 Å². The lowest BCUT2D eigenvalue weighted by Gasteiger charge is -2.13. The summed E-state index contributed by atoms with van der Waals surface area (Å²) < 4.78 is 5.06. The Kier molecular flexibility index (Phi) is 6.84. The average molecular weight is 293 g/mol. The first-order valence-electron chi connectivity index (χ1n) is 6.90. The molecule has 2 amide bonds. The van der Waals surface area contributed by atoms with E-state index in [0.29, 0.717) is 17.9 Å². The summed E-state index contributed by atoms with van der Waals surface area (Å²) in [5.74, 6) is -0.282. The molecule has 1 atom stereocenters. The van der Waals surface area contributed by atoms with Crippen LogP contribution in [0.25, 0.3) is 0 Å². The molecule has 4 N–H and O–H groups in total. The van der Waals surface area contributed by atoms with Gasteiger partial charge in [-0.05, 0) is 24.3 Å². The van der Waals surface area contributed by atoms with Crippen molar-refractivity contribution in [3.05, 3.63) is 24.3 Å². The Hall–Kier alpha value is -1.92. The third kappa shape index (κ3) is 5.93. The van der Waals surface area contributed by atoms with Crippen LogP contribution in [0.5, 0.6) is 0 Å². The van der Waals surface area contributed by atoms with Crippen molar-refractivity contribution >= 4 is 23.2 Å². The van der Waals surface area contributed by atoms with Crippen LogP contribution in [-0.4, -0.2) is 31.6 Å². The molecule has 0 bridgehead atoms. The number of anilines is 2. The summed E-state index contributed by atoms with van der Waals surface area (Å²) in [5, 5.41) is 5.54. The topological polar surface area (TPSA) is 93.4 Å². The van der Waals surface area contributed by atoms with Crippen molar-refractivity contribution in [3.8, 4) is 0 Å². The number of nitrogens with one attached hydrogen (secondary N) is 2. The van der Waals surface area contributed by atoms with Crippen LogP contribution in [0.3, 0.4) is 0 Å². The van der Waals surface area contributed by atoms with E-state index in [1.54, 1.807) is 24.3 Å². The SMILES string of the molecule is COC(CN)CC(=O)Nc1ccc(NC(=O)C(C)C)cc1. The van der Waals surface area contributed by atoms with Gasteiger partial charge in [-0.25, -0.2) is 0 Å². The van der Waals surface area contributed by atoms with Crippen molar-refractivity contribution in [2.24, 2.45) is 11.7 Å². The second kappa shape index (κ2) is 8.39. The van der Waals surface area contributed by atoms with E-state index in [1.807, 2.05) is 13.8 Å². The van der Waals surface area contributed by atoms with Gasteiger partial charge < -0.3 is 21.1 Å². The molecule has 0 saturated heterocycles. The summed E-state index contributed by atoms with van der Waals surface area (Å²) >= 11 is 0. The van der Waals surface area contributed by atoms with Crippen molar-refractivity contribution in [2.75, 3.05) is 24.3 Å². The summed E-state index contributed by atoms with van der Waals surface area (Å²) in [5.41, 5.74) is 6.83. The Labute approximate surface area is 125 Å². The lowest BCUT2D eigenvalue weighted by Crippen LogP contribution is -2.28. The molecule has 0 fully saturated rings. The predicted octanol–water partition coefficient (Wildman–Crippen LogP) is 1.58. The molecule has 0 aliphatic rings. The van der Waals surface area contributed by atoms with Crippen LogP contribution in [0.4, 0.5) is 11.4 Å². The summed E-state index contributed by atoms with van der Waals surface area (Å²) in [6, 6.07) is 6.95. The fourth-order valence-electron chi connectivity index (χ4n) is 1.61. The highest BCUT2D eigenvalue weighted by atomic mass is 16.5. The number of rotatable bonds is 7. The van der Waals surface area contributed by atoms with E-state index in [-0.39, 0.29) is 30.3 Å². The van der Waals surface area contributed by atoms with E-state index >= 15 is 0 Å². The third-order valence-corrected chi connectivity index (χ3v) is 2.97. The van der Waals surface area contributed by atoms with E-state index in [0.717, 1.165) is 0 Å². The Morgan fingerprint density at radius 2 is 1.67 bits per heavy atom. The molecule has 0 aliphatic heterocycles. The van der Waals surface area contributed by atoms with Crippen LogP contribution < -0.4 is 16.4 Å². The van der Waals surface area contributed by atoms with Gasteiger partial charge in [-0.1, -0.05) is 13.8 Å². The van der Waals surface area contributed by atoms with Crippen molar-refractivity contribution in [3.63, 3.8) is 0 Å². The molecular weight excluding hydrogens is 270 g/mol. The van der Waals surface area contributed by atoms with Gasteiger partial charge in [-0.15, -0.1) is 0 Å². The Bertz CT molecular complexity index is 468. The number of benzene rings is 1.